The Kier molecular flexibility index (Phi) is 5.55. The van der Waals surface area contributed by atoms with Crippen LogP contribution in [-0.2, 0) is 4.74 Å². The van der Waals surface area contributed by atoms with Gasteiger partial charge in [0.05, 0.1) is 35.1 Å². The van der Waals surface area contributed by atoms with E-state index in [1.165, 1.54) is 0 Å². The maximum Gasteiger partial charge on any atom is 0.226 e. The molecule has 0 amide bonds. The Bertz CT molecular complexity index is 980. The van der Waals surface area contributed by atoms with Crippen molar-refractivity contribution in [2.24, 2.45) is 0 Å². The average molecular weight is 393 g/mol. The number of fused-ring (bicyclic) bond motifs is 1. The van der Waals surface area contributed by atoms with E-state index in [2.05, 4.69) is 32.1 Å². The number of para-hydroxylation sites is 2. The largest absolute Gasteiger partial charge is 0.378 e. The molecule has 1 aromatic carbocycles. The van der Waals surface area contributed by atoms with Crippen LogP contribution in [0.15, 0.2) is 42.7 Å². The maximum absolute atomic E-state index is 5.77. The van der Waals surface area contributed by atoms with E-state index in [0.29, 0.717) is 5.95 Å². The lowest BCUT2D eigenvalue weighted by Crippen LogP contribution is -2.41. The first-order chi connectivity index (χ1) is 14.0. The highest BCUT2D eigenvalue weighted by molar-refractivity contribution is 5.73. The molecule has 1 aliphatic rings. The standard InChI is InChI=1S/C21H27N7O/c1-14(17-11-23-15-7-5-6-8-16(15)25-17)24-18-12-28(13-19(18)29-4)20-9-10-22-21(26-20)27(2)3/h5-11,14,18-19,24H,12-13H2,1-4H3/t14?,18-,19+/m0/s1. The summed E-state index contributed by atoms with van der Waals surface area (Å²) in [7, 11) is 5.64. The minimum Gasteiger partial charge on any atom is -0.378 e. The number of methoxy groups -OCH3 is 1. The van der Waals surface area contributed by atoms with Crippen molar-refractivity contribution < 1.29 is 4.74 Å². The second-order valence-electron chi connectivity index (χ2n) is 7.57. The zero-order chi connectivity index (χ0) is 20.4. The Morgan fingerprint density at radius 1 is 1.10 bits per heavy atom. The number of benzene rings is 1. The van der Waals surface area contributed by atoms with Gasteiger partial charge in [0.25, 0.3) is 0 Å². The molecule has 2 aromatic heterocycles. The zero-order valence-corrected chi connectivity index (χ0v) is 17.3. The van der Waals surface area contributed by atoms with Gasteiger partial charge < -0.3 is 19.9 Å². The summed E-state index contributed by atoms with van der Waals surface area (Å²) in [6, 6.07) is 10.1. The van der Waals surface area contributed by atoms with Gasteiger partial charge in [-0.3, -0.25) is 4.98 Å². The third kappa shape index (κ3) is 4.13. The second-order valence-corrected chi connectivity index (χ2v) is 7.57. The summed E-state index contributed by atoms with van der Waals surface area (Å²) in [5.41, 5.74) is 2.74. The molecule has 8 heteroatoms. The fourth-order valence-electron chi connectivity index (χ4n) is 3.68. The lowest BCUT2D eigenvalue weighted by Gasteiger charge is -2.23. The van der Waals surface area contributed by atoms with Gasteiger partial charge in [0.15, 0.2) is 0 Å². The molecule has 152 valence electrons. The number of anilines is 2. The lowest BCUT2D eigenvalue weighted by atomic mass is 10.1. The number of hydrogen-bond donors (Lipinski definition) is 1. The van der Waals surface area contributed by atoms with Crippen molar-refractivity contribution in [3.63, 3.8) is 0 Å². The zero-order valence-electron chi connectivity index (χ0n) is 17.3. The molecule has 29 heavy (non-hydrogen) atoms. The van der Waals surface area contributed by atoms with Crippen molar-refractivity contribution >= 4 is 22.8 Å². The molecule has 0 aliphatic carbocycles. The molecule has 3 aromatic rings. The van der Waals surface area contributed by atoms with Crippen LogP contribution in [0.2, 0.25) is 0 Å². The molecule has 1 aliphatic heterocycles. The fourth-order valence-corrected chi connectivity index (χ4v) is 3.68. The van der Waals surface area contributed by atoms with Gasteiger partial charge in [0.1, 0.15) is 5.82 Å². The van der Waals surface area contributed by atoms with Gasteiger partial charge in [-0.2, -0.15) is 4.98 Å². The average Bonchev–Trinajstić information content (AvgIpc) is 3.16. The normalized spacial score (nSPS) is 20.2. The summed E-state index contributed by atoms with van der Waals surface area (Å²) in [5, 5.41) is 3.67. The molecule has 3 heterocycles. The summed E-state index contributed by atoms with van der Waals surface area (Å²) >= 11 is 0. The number of aromatic nitrogens is 4. The summed E-state index contributed by atoms with van der Waals surface area (Å²) in [5.74, 6) is 1.61. The Morgan fingerprint density at radius 3 is 2.66 bits per heavy atom. The molecule has 0 spiro atoms. The van der Waals surface area contributed by atoms with Crippen LogP contribution in [0.5, 0.6) is 0 Å². The molecule has 1 N–H and O–H groups in total. The third-order valence-electron chi connectivity index (χ3n) is 5.30. The number of rotatable bonds is 6. The highest BCUT2D eigenvalue weighted by Gasteiger charge is 2.34. The molecular weight excluding hydrogens is 366 g/mol. The molecule has 0 bridgehead atoms. The third-order valence-corrected chi connectivity index (χ3v) is 5.30. The highest BCUT2D eigenvalue weighted by atomic mass is 16.5. The van der Waals surface area contributed by atoms with E-state index in [0.717, 1.165) is 35.6 Å². The first-order valence-corrected chi connectivity index (χ1v) is 9.81. The van der Waals surface area contributed by atoms with Crippen molar-refractivity contribution in [2.45, 2.75) is 25.1 Å². The van der Waals surface area contributed by atoms with Crippen LogP contribution >= 0.6 is 0 Å². The Balaban J connectivity index is 1.49. The predicted octanol–water partition coefficient (Wildman–Crippen LogP) is 2.04. The number of ether oxygens (including phenoxy) is 1. The van der Waals surface area contributed by atoms with Gasteiger partial charge in [-0.05, 0) is 25.1 Å². The number of nitrogens with one attached hydrogen (secondary N) is 1. The van der Waals surface area contributed by atoms with E-state index >= 15 is 0 Å². The van der Waals surface area contributed by atoms with Crippen LogP contribution in [0, 0.1) is 0 Å². The number of nitrogens with zero attached hydrogens (tertiary/aromatic N) is 6. The van der Waals surface area contributed by atoms with Gasteiger partial charge in [-0.25, -0.2) is 9.97 Å². The minimum absolute atomic E-state index is 0.0532. The molecule has 0 radical (unpaired) electrons. The van der Waals surface area contributed by atoms with E-state index in [1.54, 1.807) is 13.3 Å². The predicted molar refractivity (Wildman–Crippen MR) is 114 cm³/mol. The van der Waals surface area contributed by atoms with E-state index < -0.39 is 0 Å². The van der Waals surface area contributed by atoms with Crippen molar-refractivity contribution in [3.05, 3.63) is 48.4 Å². The molecule has 8 nitrogen and oxygen atoms in total. The van der Waals surface area contributed by atoms with Crippen molar-refractivity contribution in [1.29, 1.82) is 0 Å². The van der Waals surface area contributed by atoms with Crippen LogP contribution < -0.4 is 15.1 Å². The van der Waals surface area contributed by atoms with Crippen molar-refractivity contribution in [1.82, 2.24) is 25.3 Å². The molecule has 0 saturated carbocycles. The second kappa shape index (κ2) is 8.26. The van der Waals surface area contributed by atoms with Crippen LogP contribution in [-0.4, -0.2) is 66.4 Å². The van der Waals surface area contributed by atoms with E-state index in [9.17, 15) is 0 Å². The summed E-state index contributed by atoms with van der Waals surface area (Å²) in [4.78, 5) is 22.4. The van der Waals surface area contributed by atoms with Crippen LogP contribution in [0.3, 0.4) is 0 Å². The van der Waals surface area contributed by atoms with Gasteiger partial charge >= 0.3 is 0 Å². The molecule has 4 rings (SSSR count). The molecule has 1 fully saturated rings. The summed E-state index contributed by atoms with van der Waals surface area (Å²) < 4.78 is 5.77. The highest BCUT2D eigenvalue weighted by Crippen LogP contribution is 2.23. The van der Waals surface area contributed by atoms with E-state index in [1.807, 2.05) is 55.5 Å². The van der Waals surface area contributed by atoms with Crippen LogP contribution in [0.25, 0.3) is 11.0 Å². The summed E-state index contributed by atoms with van der Waals surface area (Å²) in [6.45, 7) is 3.69. The molecule has 1 unspecified atom stereocenters. The quantitative estimate of drug-likeness (QED) is 0.682. The van der Waals surface area contributed by atoms with Crippen LogP contribution in [0.1, 0.15) is 18.7 Å². The van der Waals surface area contributed by atoms with Gasteiger partial charge in [0, 0.05) is 46.5 Å². The van der Waals surface area contributed by atoms with Crippen molar-refractivity contribution in [3.8, 4) is 0 Å². The first-order valence-electron chi connectivity index (χ1n) is 9.81. The number of hydrogen-bond acceptors (Lipinski definition) is 8. The monoisotopic (exact) mass is 393 g/mol. The molecule has 3 atom stereocenters. The van der Waals surface area contributed by atoms with Crippen molar-refractivity contribution in [2.75, 3.05) is 44.1 Å². The van der Waals surface area contributed by atoms with E-state index in [4.69, 9.17) is 9.72 Å². The SMILES string of the molecule is CO[C@@H]1CN(c2ccnc(N(C)C)n2)C[C@@H]1NC(C)c1cnc2ccccc2n1. The Morgan fingerprint density at radius 2 is 1.90 bits per heavy atom. The maximum atomic E-state index is 5.77. The van der Waals surface area contributed by atoms with Gasteiger partial charge in [-0.15, -0.1) is 0 Å². The molecular formula is C21H27N7O. The van der Waals surface area contributed by atoms with Gasteiger partial charge in [0.2, 0.25) is 5.95 Å². The minimum atomic E-state index is 0.0532. The van der Waals surface area contributed by atoms with Crippen LogP contribution in [0.4, 0.5) is 11.8 Å². The van der Waals surface area contributed by atoms with E-state index in [-0.39, 0.29) is 18.2 Å². The fraction of sp³-hybridized carbons (Fsp3) is 0.429. The topological polar surface area (TPSA) is 79.3 Å². The Hall–Kier alpha value is -2.84. The summed E-state index contributed by atoms with van der Waals surface area (Å²) in [6.07, 6.45) is 3.71. The first kappa shape index (κ1) is 19.5. The molecule has 1 saturated heterocycles. The van der Waals surface area contributed by atoms with Gasteiger partial charge in [-0.1, -0.05) is 12.1 Å². The Labute approximate surface area is 171 Å². The smallest absolute Gasteiger partial charge is 0.226 e. The lowest BCUT2D eigenvalue weighted by molar-refractivity contribution is 0.0937.